The highest BCUT2D eigenvalue weighted by Gasteiger charge is 2.50. The minimum absolute atomic E-state index is 0.250. The molecule has 0 radical (unpaired) electrons. The summed E-state index contributed by atoms with van der Waals surface area (Å²) in [5, 5.41) is 0. The van der Waals surface area contributed by atoms with Gasteiger partial charge >= 0.3 is 17.9 Å². The molecule has 1 heterocycles. The Morgan fingerprint density at radius 3 is 1.54 bits per heavy atom. The standard InChI is InChI=1S/C27H24O8/c1-31-27-23(35-26(30)20-15-9-4-10-16-20)22(34-25(29)19-13-7-3-8-14-19)21(33-27)17-32-24(28)18-11-5-2-6-12-18/h2-16,21-23,27H,17H2,1H3/t21-,22+,23+,27-/m0/s1. The van der Waals surface area contributed by atoms with Crippen LogP contribution in [0.15, 0.2) is 91.0 Å². The van der Waals surface area contributed by atoms with E-state index in [2.05, 4.69) is 0 Å². The second-order valence-electron chi connectivity index (χ2n) is 7.72. The fourth-order valence-corrected chi connectivity index (χ4v) is 3.63. The Bertz CT molecular complexity index is 1130. The van der Waals surface area contributed by atoms with Gasteiger partial charge < -0.3 is 23.7 Å². The lowest BCUT2D eigenvalue weighted by molar-refractivity contribution is -0.155. The Morgan fingerprint density at radius 2 is 1.09 bits per heavy atom. The van der Waals surface area contributed by atoms with Crippen molar-refractivity contribution in [1.29, 1.82) is 0 Å². The number of benzene rings is 3. The predicted molar refractivity (Wildman–Crippen MR) is 124 cm³/mol. The van der Waals surface area contributed by atoms with E-state index in [0.29, 0.717) is 16.7 Å². The van der Waals surface area contributed by atoms with Gasteiger partial charge in [0.1, 0.15) is 12.7 Å². The van der Waals surface area contributed by atoms with Gasteiger partial charge in [0, 0.05) is 7.11 Å². The van der Waals surface area contributed by atoms with Gasteiger partial charge in [-0.15, -0.1) is 0 Å². The van der Waals surface area contributed by atoms with Crippen LogP contribution >= 0.6 is 0 Å². The van der Waals surface area contributed by atoms with E-state index < -0.39 is 42.5 Å². The van der Waals surface area contributed by atoms with Crippen LogP contribution in [0, 0.1) is 0 Å². The molecule has 0 N–H and O–H groups in total. The number of rotatable bonds is 8. The van der Waals surface area contributed by atoms with Gasteiger partial charge in [0.15, 0.2) is 18.5 Å². The highest BCUT2D eigenvalue weighted by atomic mass is 16.7. The molecule has 0 aromatic heterocycles. The molecule has 3 aromatic rings. The summed E-state index contributed by atoms with van der Waals surface area (Å²) in [5.74, 6) is -1.85. The van der Waals surface area contributed by atoms with Gasteiger partial charge in [-0.25, -0.2) is 14.4 Å². The first-order valence-corrected chi connectivity index (χ1v) is 11.0. The number of carbonyl (C=O) groups excluding carboxylic acids is 3. The van der Waals surface area contributed by atoms with Crippen molar-refractivity contribution in [1.82, 2.24) is 0 Å². The quantitative estimate of drug-likeness (QED) is 0.359. The zero-order valence-corrected chi connectivity index (χ0v) is 18.9. The summed E-state index contributed by atoms with van der Waals surface area (Å²) >= 11 is 0. The van der Waals surface area contributed by atoms with Gasteiger partial charge in [-0.05, 0) is 36.4 Å². The Morgan fingerprint density at radius 1 is 0.657 bits per heavy atom. The monoisotopic (exact) mass is 476 g/mol. The van der Waals surface area contributed by atoms with Crippen molar-refractivity contribution in [3.63, 3.8) is 0 Å². The average Bonchev–Trinajstić information content (AvgIpc) is 3.24. The Balaban J connectivity index is 1.54. The second kappa shape index (κ2) is 11.4. The first-order chi connectivity index (χ1) is 17.1. The average molecular weight is 476 g/mol. The third-order valence-corrected chi connectivity index (χ3v) is 5.39. The van der Waals surface area contributed by atoms with Crippen molar-refractivity contribution >= 4 is 17.9 Å². The number of esters is 3. The smallest absolute Gasteiger partial charge is 0.338 e. The molecular formula is C27H24O8. The van der Waals surface area contributed by atoms with Gasteiger partial charge in [0.05, 0.1) is 16.7 Å². The summed E-state index contributed by atoms with van der Waals surface area (Å²) in [5.41, 5.74) is 0.981. The number of carbonyl (C=O) groups is 3. The van der Waals surface area contributed by atoms with E-state index in [1.807, 2.05) is 0 Å². The van der Waals surface area contributed by atoms with E-state index >= 15 is 0 Å². The van der Waals surface area contributed by atoms with Crippen LogP contribution in [-0.2, 0) is 23.7 Å². The van der Waals surface area contributed by atoms with Crippen molar-refractivity contribution in [2.75, 3.05) is 13.7 Å². The van der Waals surface area contributed by atoms with E-state index in [1.54, 1.807) is 91.0 Å². The first-order valence-electron chi connectivity index (χ1n) is 11.0. The maximum Gasteiger partial charge on any atom is 0.338 e. The van der Waals surface area contributed by atoms with Crippen LogP contribution in [-0.4, -0.2) is 56.2 Å². The number of ether oxygens (including phenoxy) is 5. The maximum absolute atomic E-state index is 12.8. The van der Waals surface area contributed by atoms with Gasteiger partial charge in [0.2, 0.25) is 0 Å². The molecule has 0 bridgehead atoms. The largest absolute Gasteiger partial charge is 0.459 e. The zero-order valence-electron chi connectivity index (χ0n) is 18.9. The van der Waals surface area contributed by atoms with Crippen molar-refractivity contribution < 1.29 is 38.1 Å². The molecule has 1 aliphatic heterocycles. The molecule has 0 aliphatic carbocycles. The minimum atomic E-state index is -1.10. The summed E-state index contributed by atoms with van der Waals surface area (Å²) in [4.78, 5) is 38.0. The van der Waals surface area contributed by atoms with Crippen LogP contribution in [0.5, 0.6) is 0 Å². The molecule has 0 unspecified atom stereocenters. The summed E-state index contributed by atoms with van der Waals surface area (Å²) in [7, 11) is 1.38. The van der Waals surface area contributed by atoms with Crippen LogP contribution in [0.1, 0.15) is 31.1 Å². The fourth-order valence-electron chi connectivity index (χ4n) is 3.63. The lowest BCUT2D eigenvalue weighted by Crippen LogP contribution is -2.42. The molecule has 4 rings (SSSR count). The molecule has 0 spiro atoms. The van der Waals surface area contributed by atoms with Gasteiger partial charge in [-0.1, -0.05) is 54.6 Å². The van der Waals surface area contributed by atoms with Crippen LogP contribution < -0.4 is 0 Å². The highest BCUT2D eigenvalue weighted by Crippen LogP contribution is 2.29. The molecule has 0 amide bonds. The zero-order chi connectivity index (χ0) is 24.6. The van der Waals surface area contributed by atoms with E-state index in [1.165, 1.54) is 7.11 Å². The fraction of sp³-hybridized carbons (Fsp3) is 0.222. The molecule has 1 aliphatic rings. The van der Waals surface area contributed by atoms with E-state index in [-0.39, 0.29) is 6.61 Å². The molecular weight excluding hydrogens is 452 g/mol. The van der Waals surface area contributed by atoms with E-state index in [4.69, 9.17) is 23.7 Å². The number of hydrogen-bond acceptors (Lipinski definition) is 8. The van der Waals surface area contributed by atoms with E-state index in [0.717, 1.165) is 0 Å². The van der Waals surface area contributed by atoms with Gasteiger partial charge in [-0.3, -0.25) is 0 Å². The van der Waals surface area contributed by atoms with Gasteiger partial charge in [-0.2, -0.15) is 0 Å². The molecule has 4 atom stereocenters. The first kappa shape index (κ1) is 24.1. The number of methoxy groups -OCH3 is 1. The maximum atomic E-state index is 12.8. The molecule has 0 saturated carbocycles. The molecule has 8 nitrogen and oxygen atoms in total. The van der Waals surface area contributed by atoms with Crippen LogP contribution in [0.25, 0.3) is 0 Å². The van der Waals surface area contributed by atoms with Gasteiger partial charge in [0.25, 0.3) is 0 Å². The molecule has 1 fully saturated rings. The van der Waals surface area contributed by atoms with Crippen LogP contribution in [0.2, 0.25) is 0 Å². The van der Waals surface area contributed by atoms with Crippen molar-refractivity contribution in [2.45, 2.75) is 24.6 Å². The highest BCUT2D eigenvalue weighted by molar-refractivity contribution is 5.90. The summed E-state index contributed by atoms with van der Waals surface area (Å²) in [6.45, 7) is -0.250. The van der Waals surface area contributed by atoms with E-state index in [9.17, 15) is 14.4 Å². The molecule has 180 valence electrons. The molecule has 1 saturated heterocycles. The third kappa shape index (κ3) is 5.92. The summed E-state index contributed by atoms with van der Waals surface area (Å²) in [6.07, 6.45) is -4.17. The van der Waals surface area contributed by atoms with Crippen LogP contribution in [0.3, 0.4) is 0 Å². The van der Waals surface area contributed by atoms with Crippen molar-refractivity contribution in [3.05, 3.63) is 108 Å². The number of hydrogen-bond donors (Lipinski definition) is 0. The van der Waals surface area contributed by atoms with Crippen molar-refractivity contribution in [3.8, 4) is 0 Å². The molecule has 8 heteroatoms. The molecule has 3 aromatic carbocycles. The third-order valence-electron chi connectivity index (χ3n) is 5.39. The Kier molecular flexibility index (Phi) is 7.87. The SMILES string of the molecule is CO[C@H]1O[C@@H](COC(=O)c2ccccc2)[C@@H](OC(=O)c2ccccc2)[C@H]1OC(=O)c1ccccc1. The topological polar surface area (TPSA) is 97.4 Å². The summed E-state index contributed by atoms with van der Waals surface area (Å²) in [6, 6.07) is 25.2. The van der Waals surface area contributed by atoms with Crippen molar-refractivity contribution in [2.24, 2.45) is 0 Å². The minimum Gasteiger partial charge on any atom is -0.459 e. The Labute approximate surface area is 202 Å². The lowest BCUT2D eigenvalue weighted by atomic mass is 10.1. The Hall–Kier alpha value is -4.01. The van der Waals surface area contributed by atoms with Crippen LogP contribution in [0.4, 0.5) is 0 Å². The predicted octanol–water partition coefficient (Wildman–Crippen LogP) is 3.67. The molecule has 35 heavy (non-hydrogen) atoms. The second-order valence-corrected chi connectivity index (χ2v) is 7.72. The normalized spacial score (nSPS) is 21.2. The lowest BCUT2D eigenvalue weighted by Gasteiger charge is -2.24. The summed E-state index contributed by atoms with van der Waals surface area (Å²) < 4.78 is 28.0.